The van der Waals surface area contributed by atoms with Gasteiger partial charge in [0.15, 0.2) is 0 Å². The molecule has 0 bridgehead atoms. The van der Waals surface area contributed by atoms with Gasteiger partial charge in [0.25, 0.3) is 5.92 Å². The fraction of sp³-hybridized carbons (Fsp3) is 0.556. The summed E-state index contributed by atoms with van der Waals surface area (Å²) in [7, 11) is 0. The first-order valence-electron chi connectivity index (χ1n) is 4.11. The Morgan fingerprint density at radius 1 is 1.31 bits per heavy atom. The zero-order chi connectivity index (χ0) is 10.1. The molecule has 0 aromatic carbocycles. The monoisotopic (exact) mass is 186 g/mol. The van der Waals surface area contributed by atoms with Crippen LogP contribution in [0.3, 0.4) is 0 Å². The molecule has 1 heterocycles. The Bertz CT molecular complexity index is 292. The Hall–Kier alpha value is -1.06. The normalized spacial score (nSPS) is 12.2. The van der Waals surface area contributed by atoms with E-state index in [0.717, 1.165) is 6.92 Å². The summed E-state index contributed by atoms with van der Waals surface area (Å²) in [6.07, 6.45) is 1.18. The van der Waals surface area contributed by atoms with E-state index in [1.165, 1.54) is 12.4 Å². The van der Waals surface area contributed by atoms with Crippen molar-refractivity contribution in [3.8, 4) is 0 Å². The van der Waals surface area contributed by atoms with E-state index in [4.69, 9.17) is 0 Å². The molecule has 0 N–H and O–H groups in total. The third-order valence-electron chi connectivity index (χ3n) is 1.73. The van der Waals surface area contributed by atoms with E-state index < -0.39 is 5.92 Å². The summed E-state index contributed by atoms with van der Waals surface area (Å²) in [6.45, 7) is 4.64. The highest BCUT2D eigenvalue weighted by Gasteiger charge is 2.26. The second kappa shape index (κ2) is 3.36. The van der Waals surface area contributed by atoms with Crippen LogP contribution in [0.25, 0.3) is 0 Å². The molecule has 0 radical (unpaired) electrons. The standard InChI is InChI=1S/C9H12F2N2/c1-6(2)7-4-8(9(3,10)11)13-5-12-7/h4-6H,1-3H3. The van der Waals surface area contributed by atoms with E-state index in [0.29, 0.717) is 5.69 Å². The van der Waals surface area contributed by atoms with Crippen molar-refractivity contribution < 1.29 is 8.78 Å². The van der Waals surface area contributed by atoms with Crippen LogP contribution in [0.2, 0.25) is 0 Å². The van der Waals surface area contributed by atoms with Gasteiger partial charge in [0.05, 0.1) is 0 Å². The van der Waals surface area contributed by atoms with Crippen LogP contribution in [0.15, 0.2) is 12.4 Å². The summed E-state index contributed by atoms with van der Waals surface area (Å²) in [5.74, 6) is -2.74. The van der Waals surface area contributed by atoms with Gasteiger partial charge in [-0.05, 0) is 12.0 Å². The van der Waals surface area contributed by atoms with Gasteiger partial charge in [0.2, 0.25) is 0 Å². The molecule has 13 heavy (non-hydrogen) atoms. The molecule has 0 saturated carbocycles. The van der Waals surface area contributed by atoms with E-state index in [1.807, 2.05) is 13.8 Å². The van der Waals surface area contributed by atoms with Gasteiger partial charge in [-0.25, -0.2) is 9.97 Å². The van der Waals surface area contributed by atoms with Crippen molar-refractivity contribution in [3.63, 3.8) is 0 Å². The third-order valence-corrected chi connectivity index (χ3v) is 1.73. The van der Waals surface area contributed by atoms with Crippen LogP contribution in [0, 0.1) is 0 Å². The van der Waals surface area contributed by atoms with Crippen LogP contribution < -0.4 is 0 Å². The van der Waals surface area contributed by atoms with Crippen LogP contribution in [0.5, 0.6) is 0 Å². The predicted octanol–water partition coefficient (Wildman–Crippen LogP) is 2.71. The smallest absolute Gasteiger partial charge is 0.241 e. The topological polar surface area (TPSA) is 25.8 Å². The summed E-state index contributed by atoms with van der Waals surface area (Å²) in [5.41, 5.74) is 0.428. The van der Waals surface area contributed by atoms with Gasteiger partial charge in [0.1, 0.15) is 12.0 Å². The number of nitrogens with zero attached hydrogens (tertiary/aromatic N) is 2. The zero-order valence-corrected chi connectivity index (χ0v) is 7.88. The number of halogens is 2. The van der Waals surface area contributed by atoms with Gasteiger partial charge in [-0.3, -0.25) is 0 Å². The highest BCUT2D eigenvalue weighted by Crippen LogP contribution is 2.26. The summed E-state index contributed by atoms with van der Waals surface area (Å²) in [4.78, 5) is 7.44. The van der Waals surface area contributed by atoms with Crippen molar-refractivity contribution in [1.82, 2.24) is 9.97 Å². The Balaban J connectivity index is 3.06. The van der Waals surface area contributed by atoms with Crippen LogP contribution in [0.1, 0.15) is 38.1 Å². The summed E-state index contributed by atoms with van der Waals surface area (Å²) >= 11 is 0. The number of aromatic nitrogens is 2. The first-order chi connectivity index (χ1) is 5.91. The minimum Gasteiger partial charge on any atom is -0.241 e. The van der Waals surface area contributed by atoms with Crippen molar-refractivity contribution in [2.75, 3.05) is 0 Å². The quantitative estimate of drug-likeness (QED) is 0.709. The molecular formula is C9H12F2N2. The van der Waals surface area contributed by atoms with E-state index in [-0.39, 0.29) is 11.6 Å². The molecule has 2 nitrogen and oxygen atoms in total. The summed E-state index contributed by atoms with van der Waals surface area (Å²) in [6, 6.07) is 1.35. The molecule has 72 valence electrons. The number of hydrogen-bond donors (Lipinski definition) is 0. The lowest BCUT2D eigenvalue weighted by Gasteiger charge is -2.11. The summed E-state index contributed by atoms with van der Waals surface area (Å²) < 4.78 is 25.6. The molecule has 1 rings (SSSR count). The SMILES string of the molecule is CC(C)c1cc(C(C)(F)F)ncn1. The van der Waals surface area contributed by atoms with Gasteiger partial charge < -0.3 is 0 Å². The van der Waals surface area contributed by atoms with Crippen molar-refractivity contribution >= 4 is 0 Å². The van der Waals surface area contributed by atoms with E-state index in [2.05, 4.69) is 9.97 Å². The van der Waals surface area contributed by atoms with Crippen LogP contribution in [-0.4, -0.2) is 9.97 Å². The Kier molecular flexibility index (Phi) is 2.59. The molecule has 0 aliphatic rings. The molecule has 0 fully saturated rings. The largest absolute Gasteiger partial charge is 0.287 e. The van der Waals surface area contributed by atoms with Crippen molar-refractivity contribution in [2.24, 2.45) is 0 Å². The Labute approximate surface area is 76.0 Å². The van der Waals surface area contributed by atoms with E-state index >= 15 is 0 Å². The van der Waals surface area contributed by atoms with Gasteiger partial charge in [-0.15, -0.1) is 0 Å². The van der Waals surface area contributed by atoms with Crippen molar-refractivity contribution in [1.29, 1.82) is 0 Å². The number of rotatable bonds is 2. The highest BCUT2D eigenvalue weighted by atomic mass is 19.3. The van der Waals surface area contributed by atoms with E-state index in [9.17, 15) is 8.78 Å². The molecule has 0 atom stereocenters. The Morgan fingerprint density at radius 2 is 1.92 bits per heavy atom. The molecular weight excluding hydrogens is 174 g/mol. The fourth-order valence-corrected chi connectivity index (χ4v) is 0.928. The van der Waals surface area contributed by atoms with Crippen LogP contribution in [-0.2, 0) is 5.92 Å². The highest BCUT2D eigenvalue weighted by molar-refractivity contribution is 5.14. The minimum absolute atomic E-state index is 0.143. The maximum atomic E-state index is 12.8. The number of alkyl halides is 2. The van der Waals surface area contributed by atoms with Gasteiger partial charge >= 0.3 is 0 Å². The first-order valence-corrected chi connectivity index (χ1v) is 4.11. The van der Waals surface area contributed by atoms with E-state index in [1.54, 1.807) is 0 Å². The molecule has 0 aliphatic heterocycles. The molecule has 0 aliphatic carbocycles. The summed E-state index contributed by atoms with van der Waals surface area (Å²) in [5, 5.41) is 0. The van der Waals surface area contributed by atoms with Gasteiger partial charge in [-0.1, -0.05) is 13.8 Å². The molecule has 0 saturated heterocycles. The van der Waals surface area contributed by atoms with Crippen molar-refractivity contribution in [2.45, 2.75) is 32.6 Å². The Morgan fingerprint density at radius 3 is 2.38 bits per heavy atom. The van der Waals surface area contributed by atoms with Crippen LogP contribution >= 0.6 is 0 Å². The van der Waals surface area contributed by atoms with Crippen molar-refractivity contribution in [3.05, 3.63) is 23.8 Å². The second-order valence-corrected chi connectivity index (χ2v) is 3.37. The fourth-order valence-electron chi connectivity index (χ4n) is 0.928. The lowest BCUT2D eigenvalue weighted by molar-refractivity contribution is 0.0125. The third kappa shape index (κ3) is 2.44. The average molecular weight is 186 g/mol. The maximum Gasteiger partial charge on any atom is 0.287 e. The second-order valence-electron chi connectivity index (χ2n) is 3.37. The molecule has 0 amide bonds. The molecule has 0 unspecified atom stereocenters. The van der Waals surface area contributed by atoms with Gasteiger partial charge in [-0.2, -0.15) is 8.78 Å². The zero-order valence-electron chi connectivity index (χ0n) is 7.88. The van der Waals surface area contributed by atoms with Gasteiger partial charge in [0, 0.05) is 12.6 Å². The molecule has 1 aromatic heterocycles. The first kappa shape index (κ1) is 10.0. The molecule has 0 spiro atoms. The average Bonchev–Trinajstić information content (AvgIpc) is 2.03. The minimum atomic E-state index is -2.88. The molecule has 1 aromatic rings. The lowest BCUT2D eigenvalue weighted by atomic mass is 10.1. The molecule has 4 heteroatoms. The predicted molar refractivity (Wildman–Crippen MR) is 45.7 cm³/mol. The maximum absolute atomic E-state index is 12.8. The lowest BCUT2D eigenvalue weighted by Crippen LogP contribution is -2.11. The van der Waals surface area contributed by atoms with Crippen LogP contribution in [0.4, 0.5) is 8.78 Å². The number of hydrogen-bond acceptors (Lipinski definition) is 2.